The van der Waals surface area contributed by atoms with Gasteiger partial charge in [0.2, 0.25) is 0 Å². The summed E-state index contributed by atoms with van der Waals surface area (Å²) >= 11 is 1.30. The fraction of sp³-hybridized carbons (Fsp3) is 0.250. The van der Waals surface area contributed by atoms with Gasteiger partial charge in [0.15, 0.2) is 5.16 Å². The van der Waals surface area contributed by atoms with Gasteiger partial charge in [-0.2, -0.15) is 0 Å². The van der Waals surface area contributed by atoms with Gasteiger partial charge in [-0.1, -0.05) is 30.0 Å². The van der Waals surface area contributed by atoms with Crippen LogP contribution in [0.3, 0.4) is 0 Å². The number of fused-ring (bicyclic) bond motifs is 1. The van der Waals surface area contributed by atoms with Crippen molar-refractivity contribution in [1.82, 2.24) is 9.55 Å². The summed E-state index contributed by atoms with van der Waals surface area (Å²) in [5.41, 5.74) is 3.51. The van der Waals surface area contributed by atoms with Crippen LogP contribution in [-0.2, 0) is 9.53 Å². The number of aromatic nitrogens is 2. The van der Waals surface area contributed by atoms with Gasteiger partial charge in [0.1, 0.15) is 5.25 Å². The normalized spacial score (nSPS) is 16.8. The van der Waals surface area contributed by atoms with Crippen molar-refractivity contribution in [3.63, 3.8) is 0 Å². The Hall–Kier alpha value is -2.60. The van der Waals surface area contributed by atoms with E-state index in [1.807, 2.05) is 50.2 Å². The first-order chi connectivity index (χ1) is 12.5. The van der Waals surface area contributed by atoms with Crippen LogP contribution < -0.4 is 5.56 Å². The monoisotopic (exact) mass is 366 g/mol. The van der Waals surface area contributed by atoms with Gasteiger partial charge in [0.05, 0.1) is 23.2 Å². The number of rotatable bonds is 3. The molecular weight excluding hydrogens is 348 g/mol. The Morgan fingerprint density at radius 2 is 1.92 bits per heavy atom. The molecule has 1 aromatic heterocycles. The molecule has 0 radical (unpaired) electrons. The molecule has 0 N–H and O–H groups in total. The lowest BCUT2D eigenvalue weighted by Crippen LogP contribution is -2.23. The number of thioether (sulfide) groups is 1. The van der Waals surface area contributed by atoms with Crippen LogP contribution in [0.25, 0.3) is 16.6 Å². The second kappa shape index (κ2) is 6.61. The van der Waals surface area contributed by atoms with E-state index in [2.05, 4.69) is 4.98 Å². The molecule has 1 aliphatic rings. The summed E-state index contributed by atoms with van der Waals surface area (Å²) in [5, 5.41) is 0.741. The van der Waals surface area contributed by atoms with Crippen LogP contribution in [0.15, 0.2) is 52.4 Å². The van der Waals surface area contributed by atoms with Crippen LogP contribution in [-0.4, -0.2) is 27.4 Å². The number of carbonyl (C=O) groups is 1. The van der Waals surface area contributed by atoms with Crippen molar-refractivity contribution < 1.29 is 9.53 Å². The van der Waals surface area contributed by atoms with E-state index in [-0.39, 0.29) is 16.8 Å². The number of nitrogens with zero attached hydrogens (tertiary/aromatic N) is 2. The van der Waals surface area contributed by atoms with Crippen molar-refractivity contribution in [2.45, 2.75) is 30.7 Å². The summed E-state index contributed by atoms with van der Waals surface area (Å²) in [4.78, 5) is 29.8. The third kappa shape index (κ3) is 2.90. The third-order valence-electron chi connectivity index (χ3n) is 4.63. The standard InChI is InChI=1S/C20H18N2O3S/c1-12-7-8-14(11-13(12)2)22-18(23)15-5-3-4-6-16(15)21-20(22)26-17-9-10-25-19(17)24/h3-8,11,17H,9-10H2,1-2H3/t17-/m1/s1. The second-order valence-corrected chi connectivity index (χ2v) is 7.55. The van der Waals surface area contributed by atoms with Crippen molar-refractivity contribution in [3.05, 3.63) is 63.9 Å². The Labute approximate surface area is 155 Å². The van der Waals surface area contributed by atoms with Crippen molar-refractivity contribution in [3.8, 4) is 5.69 Å². The minimum absolute atomic E-state index is 0.132. The predicted octanol–water partition coefficient (Wildman–Crippen LogP) is 3.41. The van der Waals surface area contributed by atoms with E-state index >= 15 is 0 Å². The van der Waals surface area contributed by atoms with E-state index in [4.69, 9.17) is 4.74 Å². The fourth-order valence-corrected chi connectivity index (χ4v) is 4.07. The van der Waals surface area contributed by atoms with Crippen molar-refractivity contribution in [1.29, 1.82) is 0 Å². The Kier molecular flexibility index (Phi) is 4.28. The highest BCUT2D eigenvalue weighted by molar-refractivity contribution is 8.00. The van der Waals surface area contributed by atoms with E-state index in [9.17, 15) is 9.59 Å². The summed E-state index contributed by atoms with van der Waals surface area (Å²) in [7, 11) is 0. The maximum absolute atomic E-state index is 13.2. The zero-order valence-corrected chi connectivity index (χ0v) is 15.4. The zero-order chi connectivity index (χ0) is 18.3. The molecule has 1 aliphatic heterocycles. The highest BCUT2D eigenvalue weighted by Gasteiger charge is 2.29. The maximum Gasteiger partial charge on any atom is 0.319 e. The molecule has 0 saturated carbocycles. The van der Waals surface area contributed by atoms with Crippen molar-refractivity contribution in [2.75, 3.05) is 6.61 Å². The van der Waals surface area contributed by atoms with Crippen LogP contribution in [0, 0.1) is 13.8 Å². The molecule has 0 bridgehead atoms. The Morgan fingerprint density at radius 3 is 2.65 bits per heavy atom. The number of ether oxygens (including phenoxy) is 1. The SMILES string of the molecule is Cc1ccc(-n2c(S[C@@H]3CCOC3=O)nc3ccccc3c2=O)cc1C. The van der Waals surface area contributed by atoms with Gasteiger partial charge in [-0.15, -0.1) is 0 Å². The minimum atomic E-state index is -0.333. The largest absolute Gasteiger partial charge is 0.465 e. The summed E-state index contributed by atoms with van der Waals surface area (Å²) in [5.74, 6) is -0.246. The average molecular weight is 366 g/mol. The number of hydrogen-bond acceptors (Lipinski definition) is 5. The molecule has 4 rings (SSSR count). The summed E-state index contributed by atoms with van der Waals surface area (Å²) < 4.78 is 6.66. The van der Waals surface area contributed by atoms with Gasteiger partial charge in [0.25, 0.3) is 5.56 Å². The molecule has 1 saturated heterocycles. The number of para-hydroxylation sites is 1. The lowest BCUT2D eigenvalue weighted by Gasteiger charge is -2.15. The van der Waals surface area contributed by atoms with Gasteiger partial charge in [-0.25, -0.2) is 4.98 Å². The minimum Gasteiger partial charge on any atom is -0.465 e. The smallest absolute Gasteiger partial charge is 0.319 e. The van der Waals surface area contributed by atoms with Crippen LogP contribution in [0.4, 0.5) is 0 Å². The fourth-order valence-electron chi connectivity index (χ4n) is 3.00. The predicted molar refractivity (Wildman–Crippen MR) is 102 cm³/mol. The molecule has 5 nitrogen and oxygen atoms in total. The molecule has 0 amide bonds. The summed E-state index contributed by atoms with van der Waals surface area (Å²) in [6, 6.07) is 13.2. The first-order valence-corrected chi connectivity index (χ1v) is 9.35. The maximum atomic E-state index is 13.2. The quantitative estimate of drug-likeness (QED) is 0.525. The molecule has 132 valence electrons. The summed E-state index contributed by atoms with van der Waals surface area (Å²) in [6.07, 6.45) is 0.624. The number of hydrogen-bond donors (Lipinski definition) is 0. The molecule has 3 aromatic rings. The molecule has 2 heterocycles. The topological polar surface area (TPSA) is 61.2 Å². The second-order valence-electron chi connectivity index (χ2n) is 6.38. The number of cyclic esters (lactones) is 1. The van der Waals surface area contributed by atoms with Crippen LogP contribution in [0.1, 0.15) is 17.5 Å². The molecular formula is C20H18N2O3S. The van der Waals surface area contributed by atoms with E-state index in [1.165, 1.54) is 11.8 Å². The van der Waals surface area contributed by atoms with Gasteiger partial charge in [-0.3, -0.25) is 14.2 Å². The van der Waals surface area contributed by atoms with Crippen molar-refractivity contribution >= 4 is 28.6 Å². The Bertz CT molecular complexity index is 1070. The highest BCUT2D eigenvalue weighted by Crippen LogP contribution is 2.30. The van der Waals surface area contributed by atoms with Gasteiger partial charge >= 0.3 is 5.97 Å². The first-order valence-electron chi connectivity index (χ1n) is 8.47. The zero-order valence-electron chi connectivity index (χ0n) is 14.6. The molecule has 0 spiro atoms. The number of aryl methyl sites for hydroxylation is 2. The number of carbonyl (C=O) groups excluding carboxylic acids is 1. The average Bonchev–Trinajstić information content (AvgIpc) is 3.03. The van der Waals surface area contributed by atoms with Crippen LogP contribution in [0.2, 0.25) is 0 Å². The van der Waals surface area contributed by atoms with Gasteiger partial charge in [0, 0.05) is 6.42 Å². The third-order valence-corrected chi connectivity index (χ3v) is 5.83. The molecule has 0 aliphatic carbocycles. The summed E-state index contributed by atoms with van der Waals surface area (Å²) in [6.45, 7) is 4.46. The first kappa shape index (κ1) is 16.8. The molecule has 26 heavy (non-hydrogen) atoms. The van der Waals surface area contributed by atoms with Crippen LogP contribution in [0.5, 0.6) is 0 Å². The molecule has 6 heteroatoms. The lowest BCUT2D eigenvalue weighted by molar-refractivity contribution is -0.137. The van der Waals surface area contributed by atoms with E-state index in [1.54, 1.807) is 10.6 Å². The number of benzene rings is 2. The molecule has 1 fully saturated rings. The molecule has 1 atom stereocenters. The van der Waals surface area contributed by atoms with E-state index in [0.717, 1.165) is 16.8 Å². The van der Waals surface area contributed by atoms with Crippen molar-refractivity contribution in [2.24, 2.45) is 0 Å². The van der Waals surface area contributed by atoms with Crippen LogP contribution >= 0.6 is 11.8 Å². The Morgan fingerprint density at radius 1 is 1.12 bits per heavy atom. The van der Waals surface area contributed by atoms with E-state index in [0.29, 0.717) is 29.1 Å². The molecule has 0 unspecified atom stereocenters. The Balaban J connectivity index is 1.94. The number of esters is 1. The van der Waals surface area contributed by atoms with E-state index < -0.39 is 0 Å². The lowest BCUT2D eigenvalue weighted by atomic mass is 10.1. The highest BCUT2D eigenvalue weighted by atomic mass is 32.2. The van der Waals surface area contributed by atoms with Gasteiger partial charge in [-0.05, 0) is 49.2 Å². The van der Waals surface area contributed by atoms with Gasteiger partial charge < -0.3 is 4.74 Å². The molecule has 2 aromatic carbocycles.